The Labute approximate surface area is 83.1 Å². The van der Waals surface area contributed by atoms with Gasteiger partial charge in [0.1, 0.15) is 20.1 Å². The number of carbonyl (C=O) groups is 1. The zero-order chi connectivity index (χ0) is 10.6. The molecule has 1 aliphatic rings. The Hall–Kier alpha value is -0.785. The van der Waals surface area contributed by atoms with Crippen LogP contribution < -0.4 is 11.3 Å². The average molecular weight is 202 g/mol. The molecule has 6 nitrogen and oxygen atoms in total. The largest absolute Gasteiger partial charge is 0.442 e. The molecule has 1 amide bonds. The molecule has 1 rings (SSSR count). The molecule has 0 aliphatic carbocycles. The maximum Gasteiger partial charge on any atom is 0.421 e. The summed E-state index contributed by atoms with van der Waals surface area (Å²) in [7, 11) is 1.92. The molecule has 0 radical (unpaired) electrons. The lowest BCUT2D eigenvalue weighted by atomic mass is 9.89. The van der Waals surface area contributed by atoms with Crippen molar-refractivity contribution in [2.24, 2.45) is 5.84 Å². The van der Waals surface area contributed by atoms with Crippen LogP contribution in [0.15, 0.2) is 0 Å². The molecule has 0 spiro atoms. The van der Waals surface area contributed by atoms with Crippen LogP contribution in [-0.2, 0) is 9.47 Å². The highest BCUT2D eigenvalue weighted by Crippen LogP contribution is 2.20. The topological polar surface area (TPSA) is 93.8 Å². The van der Waals surface area contributed by atoms with Crippen molar-refractivity contribution in [3.63, 3.8) is 0 Å². The van der Waals surface area contributed by atoms with Gasteiger partial charge in [-0.15, -0.1) is 0 Å². The highest BCUT2D eigenvalue weighted by Gasteiger charge is 2.31. The molecule has 7 heteroatoms. The van der Waals surface area contributed by atoms with Crippen LogP contribution in [0.5, 0.6) is 0 Å². The molecule has 0 aromatic carbocycles. The Balaban J connectivity index is 2.45. The van der Waals surface area contributed by atoms with Crippen molar-refractivity contribution < 1.29 is 19.4 Å². The van der Waals surface area contributed by atoms with Crippen molar-refractivity contribution in [1.82, 2.24) is 5.43 Å². The van der Waals surface area contributed by atoms with E-state index < -0.39 is 18.3 Å². The van der Waals surface area contributed by atoms with Crippen LogP contribution in [0.4, 0.5) is 4.79 Å². The fourth-order valence-corrected chi connectivity index (χ4v) is 1.51. The van der Waals surface area contributed by atoms with Crippen LogP contribution in [0.1, 0.15) is 12.8 Å². The minimum absolute atomic E-state index is 0.0907. The lowest BCUT2D eigenvalue weighted by Crippen LogP contribution is -2.46. The first-order valence-corrected chi connectivity index (χ1v) is 4.61. The monoisotopic (exact) mass is 202 g/mol. The number of amides is 1. The van der Waals surface area contributed by atoms with E-state index in [2.05, 4.69) is 0 Å². The Morgan fingerprint density at radius 2 is 2.43 bits per heavy atom. The average Bonchev–Trinajstić information content (AvgIpc) is 2.20. The minimum Gasteiger partial charge on any atom is -0.442 e. The number of aliphatic hydroxyl groups is 1. The molecule has 1 heterocycles. The van der Waals surface area contributed by atoms with Gasteiger partial charge in [-0.2, -0.15) is 0 Å². The maximum absolute atomic E-state index is 10.8. The van der Waals surface area contributed by atoms with Crippen LogP contribution in [0.2, 0.25) is 0 Å². The molecule has 80 valence electrons. The van der Waals surface area contributed by atoms with Gasteiger partial charge in [0.2, 0.25) is 0 Å². The summed E-state index contributed by atoms with van der Waals surface area (Å²) in [6.45, 7) is -0.160. The summed E-state index contributed by atoms with van der Waals surface area (Å²) in [5.74, 6) is 4.88. The smallest absolute Gasteiger partial charge is 0.421 e. The van der Waals surface area contributed by atoms with Crippen LogP contribution >= 0.6 is 0 Å². The summed E-state index contributed by atoms with van der Waals surface area (Å²) in [4.78, 5) is 10.8. The third-order valence-corrected chi connectivity index (χ3v) is 2.24. The third kappa shape index (κ3) is 2.86. The third-order valence-electron chi connectivity index (χ3n) is 2.24. The number of carbonyl (C=O) groups excluding carboxylic acids is 1. The number of nitrogens with two attached hydrogens (primary N) is 1. The summed E-state index contributed by atoms with van der Waals surface area (Å²) in [5.41, 5.74) is 1.87. The standard InChI is InChI=1S/C7H15BN2O4/c8-6-2-1-4(5(3-11)13-6)14-7(12)10-9/h4-6,11H,1-3,8-9H2,(H,10,12)/t4?,5-,6-/m1/s1. The van der Waals surface area contributed by atoms with E-state index in [9.17, 15) is 4.79 Å². The maximum atomic E-state index is 10.8. The molecule has 0 aromatic heterocycles. The van der Waals surface area contributed by atoms with E-state index >= 15 is 0 Å². The second kappa shape index (κ2) is 5.18. The van der Waals surface area contributed by atoms with E-state index in [0.717, 1.165) is 6.42 Å². The van der Waals surface area contributed by atoms with Crippen molar-refractivity contribution in [2.75, 3.05) is 6.61 Å². The van der Waals surface area contributed by atoms with E-state index in [-0.39, 0.29) is 12.6 Å². The van der Waals surface area contributed by atoms with Gasteiger partial charge in [0, 0.05) is 6.00 Å². The lowest BCUT2D eigenvalue weighted by molar-refractivity contribution is -0.111. The summed E-state index contributed by atoms with van der Waals surface area (Å²) < 4.78 is 10.3. The van der Waals surface area contributed by atoms with E-state index in [0.29, 0.717) is 6.42 Å². The molecule has 0 saturated carbocycles. The molecular formula is C7H15BN2O4. The highest BCUT2D eigenvalue weighted by molar-refractivity contribution is 6.11. The van der Waals surface area contributed by atoms with Crippen molar-refractivity contribution in [3.05, 3.63) is 0 Å². The molecule has 3 atom stereocenters. The predicted molar refractivity (Wildman–Crippen MR) is 51.1 cm³/mol. The Bertz CT molecular complexity index is 204. The van der Waals surface area contributed by atoms with Gasteiger partial charge in [-0.3, -0.25) is 5.43 Å². The molecule has 4 N–H and O–H groups in total. The first-order chi connectivity index (χ1) is 6.67. The lowest BCUT2D eigenvalue weighted by Gasteiger charge is -2.33. The second-order valence-corrected chi connectivity index (χ2v) is 3.33. The molecule has 1 fully saturated rings. The van der Waals surface area contributed by atoms with Crippen LogP contribution in [0.3, 0.4) is 0 Å². The van der Waals surface area contributed by atoms with Crippen molar-refractivity contribution in [2.45, 2.75) is 31.1 Å². The zero-order valence-corrected chi connectivity index (χ0v) is 8.10. The van der Waals surface area contributed by atoms with E-state index in [4.69, 9.17) is 20.4 Å². The Kier molecular flexibility index (Phi) is 4.18. The number of hydrogen-bond acceptors (Lipinski definition) is 5. The fraction of sp³-hybridized carbons (Fsp3) is 0.857. The number of ether oxygens (including phenoxy) is 2. The number of nitrogens with one attached hydrogen (secondary N) is 1. The van der Waals surface area contributed by atoms with Crippen molar-refractivity contribution >= 4 is 13.9 Å². The molecule has 1 saturated heterocycles. The van der Waals surface area contributed by atoms with Gasteiger partial charge in [-0.1, -0.05) is 0 Å². The van der Waals surface area contributed by atoms with Crippen LogP contribution in [0.25, 0.3) is 0 Å². The number of rotatable bonds is 2. The van der Waals surface area contributed by atoms with Crippen LogP contribution in [-0.4, -0.2) is 43.9 Å². The molecule has 0 aromatic rings. The predicted octanol–water partition coefficient (Wildman–Crippen LogP) is -1.91. The quantitative estimate of drug-likeness (QED) is 0.210. The van der Waals surface area contributed by atoms with Crippen molar-refractivity contribution in [1.29, 1.82) is 0 Å². The number of hydrogen-bond donors (Lipinski definition) is 3. The van der Waals surface area contributed by atoms with Gasteiger partial charge in [0.25, 0.3) is 0 Å². The number of aliphatic hydroxyl groups excluding tert-OH is 1. The van der Waals surface area contributed by atoms with E-state index in [1.54, 1.807) is 0 Å². The SMILES string of the molecule is B[C@H]1CCC(OC(=O)NN)[C@@H](CO)O1. The van der Waals surface area contributed by atoms with Gasteiger partial charge >= 0.3 is 6.09 Å². The van der Waals surface area contributed by atoms with Crippen molar-refractivity contribution in [3.8, 4) is 0 Å². The molecule has 0 bridgehead atoms. The summed E-state index contributed by atoms with van der Waals surface area (Å²) in [5, 5.41) is 9.00. The molecular weight excluding hydrogens is 187 g/mol. The summed E-state index contributed by atoms with van der Waals surface area (Å²) in [6, 6.07) is 0.0907. The highest BCUT2D eigenvalue weighted by atomic mass is 16.6. The second-order valence-electron chi connectivity index (χ2n) is 3.33. The number of hydrazine groups is 1. The molecule has 1 aliphatic heterocycles. The van der Waals surface area contributed by atoms with Crippen LogP contribution in [0, 0.1) is 0 Å². The Morgan fingerprint density at radius 3 is 3.00 bits per heavy atom. The summed E-state index contributed by atoms with van der Waals surface area (Å²) >= 11 is 0. The molecule has 14 heavy (non-hydrogen) atoms. The first-order valence-electron chi connectivity index (χ1n) is 4.61. The minimum atomic E-state index is -0.702. The normalized spacial score (nSPS) is 32.3. The van der Waals surface area contributed by atoms with E-state index in [1.165, 1.54) is 0 Å². The van der Waals surface area contributed by atoms with Gasteiger partial charge in [0.15, 0.2) is 0 Å². The fourth-order valence-electron chi connectivity index (χ4n) is 1.51. The Morgan fingerprint density at radius 1 is 1.71 bits per heavy atom. The molecule has 1 unspecified atom stereocenters. The van der Waals surface area contributed by atoms with Gasteiger partial charge in [-0.25, -0.2) is 10.6 Å². The van der Waals surface area contributed by atoms with Gasteiger partial charge in [-0.05, 0) is 12.8 Å². The first kappa shape index (κ1) is 11.3. The zero-order valence-electron chi connectivity index (χ0n) is 8.10. The van der Waals surface area contributed by atoms with Gasteiger partial charge in [0.05, 0.1) is 6.61 Å². The summed E-state index contributed by atoms with van der Waals surface area (Å²) in [6.07, 6.45) is -0.0823. The van der Waals surface area contributed by atoms with Gasteiger partial charge < -0.3 is 14.6 Å². The van der Waals surface area contributed by atoms with E-state index in [1.807, 2.05) is 13.3 Å².